The summed E-state index contributed by atoms with van der Waals surface area (Å²) in [4.78, 5) is 2.64. The minimum Gasteiger partial charge on any atom is -0.377 e. The van der Waals surface area contributed by atoms with Gasteiger partial charge in [-0.3, -0.25) is 4.90 Å². The summed E-state index contributed by atoms with van der Waals surface area (Å²) in [6, 6.07) is 0.674. The Morgan fingerprint density at radius 1 is 1.09 bits per heavy atom. The molecule has 4 fully saturated rings. The average Bonchev–Trinajstić information content (AvgIpc) is 3.07. The zero-order valence-corrected chi connectivity index (χ0v) is 15.6. The molecule has 127 valence electrons. The maximum atomic E-state index is 6.74. The molecule has 0 bridgehead atoms. The lowest BCUT2D eigenvalue weighted by molar-refractivity contribution is -0.176. The molecular weight excluding hydrogens is 271 g/mol. The third kappa shape index (κ3) is 2.46. The fraction of sp³-hybridized carbons (Fsp3) is 1.00. The largest absolute Gasteiger partial charge is 0.377 e. The molecule has 4 heteroatoms. The number of ether oxygens (including phenoxy) is 1. The van der Waals surface area contributed by atoms with Gasteiger partial charge in [0.2, 0.25) is 0 Å². The Morgan fingerprint density at radius 2 is 1.73 bits per heavy atom. The van der Waals surface area contributed by atoms with Gasteiger partial charge in [-0.1, -0.05) is 47.5 Å². The normalized spacial score (nSPS) is 44.5. The Bertz CT molecular complexity index is 387. The van der Waals surface area contributed by atoms with Crippen LogP contribution in [0.2, 0.25) is 5.31 Å². The van der Waals surface area contributed by atoms with Crippen LogP contribution in [0, 0.1) is 5.92 Å². The molecular formula is C18H36BN2O. The van der Waals surface area contributed by atoms with Gasteiger partial charge >= 0.3 is 0 Å². The quantitative estimate of drug-likeness (QED) is 0.698. The first-order chi connectivity index (χ1) is 10.5. The molecule has 3 saturated heterocycles. The second kappa shape index (κ2) is 6.45. The fourth-order valence-electron chi connectivity index (χ4n) is 5.04. The van der Waals surface area contributed by atoms with E-state index in [1.54, 1.807) is 0 Å². The van der Waals surface area contributed by atoms with Gasteiger partial charge in [0.05, 0.1) is 18.8 Å². The van der Waals surface area contributed by atoms with Crippen LogP contribution in [0.5, 0.6) is 0 Å². The molecule has 1 saturated carbocycles. The number of likely N-dealkylation sites (N-methyl/N-ethyl adjacent to an activating group) is 1. The van der Waals surface area contributed by atoms with Crippen LogP contribution in [-0.2, 0) is 4.74 Å². The fourth-order valence-corrected chi connectivity index (χ4v) is 5.04. The summed E-state index contributed by atoms with van der Waals surface area (Å²) in [5.41, 5.74) is 7.11. The van der Waals surface area contributed by atoms with Crippen LogP contribution in [-0.4, -0.2) is 49.5 Å². The van der Waals surface area contributed by atoms with Gasteiger partial charge in [-0.15, -0.1) is 0 Å². The van der Waals surface area contributed by atoms with E-state index in [9.17, 15) is 0 Å². The number of fused-ring (bicyclic) bond motifs is 3. The maximum absolute atomic E-state index is 6.74. The van der Waals surface area contributed by atoms with Crippen LogP contribution in [0.25, 0.3) is 0 Å². The first-order valence-corrected chi connectivity index (χ1v) is 9.48. The van der Waals surface area contributed by atoms with Gasteiger partial charge in [-0.05, 0) is 43.0 Å². The zero-order valence-electron chi connectivity index (χ0n) is 15.6. The second-order valence-electron chi connectivity index (χ2n) is 7.43. The molecule has 3 aliphatic heterocycles. The number of piperidine rings is 1. The van der Waals surface area contributed by atoms with Crippen molar-refractivity contribution < 1.29 is 4.74 Å². The van der Waals surface area contributed by atoms with E-state index in [1.165, 1.54) is 32.1 Å². The van der Waals surface area contributed by atoms with Crippen molar-refractivity contribution in [3.63, 3.8) is 0 Å². The SMILES string of the molecule is CC.CC.CN1C2CCCC3(C)[B]C3(N)C2CCC12COC2. The van der Waals surface area contributed by atoms with E-state index in [4.69, 9.17) is 10.5 Å². The Balaban J connectivity index is 0.000000410. The highest BCUT2D eigenvalue weighted by molar-refractivity contribution is 6.60. The van der Waals surface area contributed by atoms with Crippen molar-refractivity contribution in [2.24, 2.45) is 11.7 Å². The van der Waals surface area contributed by atoms with E-state index >= 15 is 0 Å². The average molecular weight is 307 g/mol. The minimum atomic E-state index is 0.0225. The van der Waals surface area contributed by atoms with Crippen molar-refractivity contribution in [1.29, 1.82) is 0 Å². The van der Waals surface area contributed by atoms with E-state index in [0.717, 1.165) is 13.2 Å². The third-order valence-electron chi connectivity index (χ3n) is 6.65. The van der Waals surface area contributed by atoms with E-state index in [0.29, 0.717) is 22.8 Å². The monoisotopic (exact) mass is 307 g/mol. The number of hydrogen-bond acceptors (Lipinski definition) is 3. The molecule has 3 nitrogen and oxygen atoms in total. The first kappa shape index (κ1) is 18.3. The van der Waals surface area contributed by atoms with Gasteiger partial charge in [0.1, 0.15) is 7.28 Å². The van der Waals surface area contributed by atoms with Crippen molar-refractivity contribution in [3.8, 4) is 0 Å². The van der Waals surface area contributed by atoms with Crippen LogP contribution >= 0.6 is 0 Å². The van der Waals surface area contributed by atoms with E-state index in [1.807, 2.05) is 27.7 Å². The predicted molar refractivity (Wildman–Crippen MR) is 95.4 cm³/mol. The lowest BCUT2D eigenvalue weighted by Crippen LogP contribution is -2.69. The third-order valence-corrected chi connectivity index (χ3v) is 6.65. The molecule has 1 aliphatic carbocycles. The van der Waals surface area contributed by atoms with E-state index < -0.39 is 0 Å². The van der Waals surface area contributed by atoms with Crippen LogP contribution < -0.4 is 5.73 Å². The number of hydrogen-bond donors (Lipinski definition) is 1. The summed E-state index contributed by atoms with van der Waals surface area (Å²) in [6.07, 6.45) is 6.50. The lowest BCUT2D eigenvalue weighted by atomic mass is 9.69. The maximum Gasteiger partial charge on any atom is 0.146 e. The van der Waals surface area contributed by atoms with Crippen molar-refractivity contribution in [1.82, 2.24) is 4.90 Å². The van der Waals surface area contributed by atoms with Crippen LogP contribution in [0.1, 0.15) is 66.7 Å². The van der Waals surface area contributed by atoms with Crippen LogP contribution in [0.4, 0.5) is 0 Å². The smallest absolute Gasteiger partial charge is 0.146 e. The molecule has 0 amide bonds. The zero-order chi connectivity index (χ0) is 16.6. The van der Waals surface area contributed by atoms with Gasteiger partial charge in [0.15, 0.2) is 0 Å². The summed E-state index contributed by atoms with van der Waals surface area (Å²) >= 11 is 0. The Morgan fingerprint density at radius 3 is 2.27 bits per heavy atom. The van der Waals surface area contributed by atoms with Gasteiger partial charge in [-0.2, -0.15) is 0 Å². The van der Waals surface area contributed by atoms with E-state index in [-0.39, 0.29) is 5.44 Å². The lowest BCUT2D eigenvalue weighted by Gasteiger charge is -2.58. The highest BCUT2D eigenvalue weighted by Gasteiger charge is 2.69. The second-order valence-corrected chi connectivity index (χ2v) is 7.43. The molecule has 4 rings (SSSR count). The van der Waals surface area contributed by atoms with Gasteiger partial charge in [0.25, 0.3) is 0 Å². The molecule has 0 aromatic carbocycles. The summed E-state index contributed by atoms with van der Waals surface area (Å²) < 4.78 is 5.50. The Kier molecular flexibility index (Phi) is 5.36. The molecule has 22 heavy (non-hydrogen) atoms. The Labute approximate surface area is 138 Å². The highest BCUT2D eigenvalue weighted by Crippen LogP contribution is 2.65. The standard InChI is InChI=1S/C14H24BN2O.2C2H6/c1-12-6-3-4-11-10(14(12,16)15-12)5-7-13(17(11)2)8-18-9-13;2*1-2/h10-11H,3-9,16H2,1-2H3;2*1-2H3. The van der Waals surface area contributed by atoms with Crippen molar-refractivity contribution in [2.75, 3.05) is 20.3 Å². The first-order valence-electron chi connectivity index (χ1n) is 9.48. The number of nitrogens with zero attached hydrogens (tertiary/aromatic N) is 1. The van der Waals surface area contributed by atoms with Gasteiger partial charge < -0.3 is 10.5 Å². The van der Waals surface area contributed by atoms with Gasteiger partial charge in [0, 0.05) is 6.04 Å². The summed E-state index contributed by atoms with van der Waals surface area (Å²) in [7, 11) is 4.76. The van der Waals surface area contributed by atoms with Crippen molar-refractivity contribution >= 4 is 7.28 Å². The van der Waals surface area contributed by atoms with Crippen LogP contribution in [0.3, 0.4) is 0 Å². The van der Waals surface area contributed by atoms with E-state index in [2.05, 4.69) is 26.2 Å². The number of nitrogens with two attached hydrogens (primary N) is 1. The summed E-state index contributed by atoms with van der Waals surface area (Å²) in [5.74, 6) is 0.668. The molecule has 4 unspecified atom stereocenters. The van der Waals surface area contributed by atoms with Crippen molar-refractivity contribution in [3.05, 3.63) is 0 Å². The van der Waals surface area contributed by atoms with Crippen LogP contribution in [0.15, 0.2) is 0 Å². The van der Waals surface area contributed by atoms with Crippen molar-refractivity contribution in [2.45, 2.75) is 89.1 Å². The molecule has 3 heterocycles. The number of likely N-dealkylation sites (tertiary alicyclic amines) is 1. The molecule has 2 N–H and O–H groups in total. The summed E-state index contributed by atoms with van der Waals surface area (Å²) in [5, 5.41) is 0.327. The topological polar surface area (TPSA) is 38.5 Å². The molecule has 1 radical (unpaired) electrons. The predicted octanol–water partition coefficient (Wildman–Crippen LogP) is 3.25. The van der Waals surface area contributed by atoms with Gasteiger partial charge in [-0.25, -0.2) is 0 Å². The minimum absolute atomic E-state index is 0.0225. The molecule has 0 aromatic heterocycles. The molecule has 1 spiro atoms. The molecule has 4 atom stereocenters. The summed E-state index contributed by atoms with van der Waals surface area (Å²) in [6.45, 7) is 12.2. The molecule has 0 aromatic rings. The Hall–Kier alpha value is -0.0551. The number of rotatable bonds is 0. The molecule has 4 aliphatic rings. The highest BCUT2D eigenvalue weighted by atomic mass is 16.5.